The van der Waals surface area contributed by atoms with E-state index in [1.54, 1.807) is 0 Å². The second-order valence-corrected chi connectivity index (χ2v) is 7.10. The lowest BCUT2D eigenvalue weighted by Gasteiger charge is -2.30. The summed E-state index contributed by atoms with van der Waals surface area (Å²) in [5.41, 5.74) is 1.16. The quantitative estimate of drug-likeness (QED) is 0.929. The number of benzene rings is 1. The minimum Gasteiger partial charge on any atom is -0.250 e. The topological polar surface area (TPSA) is 59.1 Å². The smallest absolute Gasteiger partial charge is 0.250 e. The van der Waals surface area contributed by atoms with E-state index in [-0.39, 0.29) is 17.4 Å². The molecule has 3 rings (SSSR count). The highest BCUT2D eigenvalue weighted by Gasteiger charge is 2.33. The van der Waals surface area contributed by atoms with E-state index in [9.17, 15) is 21.6 Å². The van der Waals surface area contributed by atoms with Gasteiger partial charge in [-0.2, -0.15) is 13.2 Å². The van der Waals surface area contributed by atoms with Crippen LogP contribution in [-0.4, -0.2) is 19.9 Å². The summed E-state index contributed by atoms with van der Waals surface area (Å²) in [5, 5.41) is 0. The van der Waals surface area contributed by atoms with Crippen LogP contribution in [0.3, 0.4) is 0 Å². The Morgan fingerprint density at radius 2 is 1.91 bits per heavy atom. The molecule has 0 amide bonds. The first-order valence-corrected chi connectivity index (χ1v) is 8.36. The van der Waals surface area contributed by atoms with Crippen LogP contribution in [0.25, 0.3) is 0 Å². The summed E-state index contributed by atoms with van der Waals surface area (Å²) in [7, 11) is -3.88. The molecule has 0 bridgehead atoms. The fourth-order valence-corrected chi connectivity index (χ4v) is 3.57. The second kappa shape index (κ2) is 5.61. The van der Waals surface area contributed by atoms with Gasteiger partial charge in [0.1, 0.15) is 10.6 Å². The molecule has 1 atom stereocenters. The van der Waals surface area contributed by atoms with Crippen molar-refractivity contribution in [3.63, 3.8) is 0 Å². The Hall–Kier alpha value is -1.93. The van der Waals surface area contributed by atoms with Gasteiger partial charge in [0.05, 0.1) is 0 Å². The number of aromatic nitrogens is 1. The van der Waals surface area contributed by atoms with Crippen molar-refractivity contribution >= 4 is 10.0 Å². The molecule has 8 heteroatoms. The molecule has 0 aliphatic heterocycles. The maximum absolute atomic E-state index is 12.4. The Morgan fingerprint density at radius 3 is 2.52 bits per heavy atom. The van der Waals surface area contributed by atoms with E-state index < -0.39 is 21.9 Å². The summed E-state index contributed by atoms with van der Waals surface area (Å²) < 4.78 is 64.0. The van der Waals surface area contributed by atoms with Gasteiger partial charge in [-0.25, -0.2) is 13.1 Å². The normalized spacial score (nSPS) is 17.4. The van der Waals surface area contributed by atoms with E-state index in [0.29, 0.717) is 6.07 Å². The zero-order valence-electron chi connectivity index (χ0n) is 11.8. The Balaban J connectivity index is 1.68. The second-order valence-electron chi connectivity index (χ2n) is 5.33. The molecule has 0 saturated heterocycles. The first-order valence-electron chi connectivity index (χ1n) is 6.88. The van der Waals surface area contributed by atoms with Crippen LogP contribution in [0.4, 0.5) is 13.2 Å². The number of hydrogen-bond acceptors (Lipinski definition) is 3. The Morgan fingerprint density at radius 1 is 1.17 bits per heavy atom. The number of rotatable bonds is 4. The Bertz CT molecular complexity index is 817. The van der Waals surface area contributed by atoms with Crippen LogP contribution < -0.4 is 4.72 Å². The fourth-order valence-electron chi connectivity index (χ4n) is 2.55. The fraction of sp³-hybridized carbons (Fsp3) is 0.267. The molecule has 0 radical (unpaired) electrons. The Labute approximate surface area is 131 Å². The van der Waals surface area contributed by atoms with E-state index in [0.717, 1.165) is 24.2 Å². The molecule has 1 heterocycles. The molecule has 1 aromatic carbocycles. The summed E-state index contributed by atoms with van der Waals surface area (Å²) in [4.78, 5) is 2.89. The van der Waals surface area contributed by atoms with Crippen LogP contribution in [0, 0.1) is 0 Å². The third kappa shape index (κ3) is 3.23. The largest absolute Gasteiger partial charge is 0.433 e. The number of alkyl halides is 3. The zero-order chi connectivity index (χ0) is 16.7. The summed E-state index contributed by atoms with van der Waals surface area (Å²) >= 11 is 0. The van der Waals surface area contributed by atoms with Crippen molar-refractivity contribution in [1.29, 1.82) is 0 Å². The van der Waals surface area contributed by atoms with Gasteiger partial charge in [-0.15, -0.1) is 0 Å². The molecule has 0 unspecified atom stereocenters. The SMILES string of the molecule is O=S(=O)(NC[C@@H]1Cc2ccccc21)c1ccc(C(F)(F)F)nc1. The molecule has 1 N–H and O–H groups in total. The molecular weight excluding hydrogens is 329 g/mol. The van der Waals surface area contributed by atoms with E-state index in [1.807, 2.05) is 24.3 Å². The van der Waals surface area contributed by atoms with Crippen LogP contribution in [0.2, 0.25) is 0 Å². The van der Waals surface area contributed by atoms with Gasteiger partial charge in [0.25, 0.3) is 0 Å². The van der Waals surface area contributed by atoms with Crippen molar-refractivity contribution in [2.45, 2.75) is 23.4 Å². The van der Waals surface area contributed by atoms with Crippen LogP contribution >= 0.6 is 0 Å². The van der Waals surface area contributed by atoms with Gasteiger partial charge >= 0.3 is 6.18 Å². The molecule has 0 saturated carbocycles. The van der Waals surface area contributed by atoms with E-state index in [2.05, 4.69) is 9.71 Å². The van der Waals surface area contributed by atoms with Crippen molar-refractivity contribution in [3.05, 3.63) is 59.4 Å². The molecule has 4 nitrogen and oxygen atoms in total. The predicted octanol–water partition coefficient (Wildman–Crippen LogP) is 2.72. The van der Waals surface area contributed by atoms with Crippen molar-refractivity contribution in [2.75, 3.05) is 6.54 Å². The highest BCUT2D eigenvalue weighted by molar-refractivity contribution is 7.89. The van der Waals surface area contributed by atoms with Gasteiger partial charge in [-0.3, -0.25) is 4.98 Å². The van der Waals surface area contributed by atoms with Crippen LogP contribution in [-0.2, 0) is 22.6 Å². The lowest BCUT2D eigenvalue weighted by molar-refractivity contribution is -0.141. The molecule has 1 aliphatic rings. The molecule has 0 spiro atoms. The summed E-state index contributed by atoms with van der Waals surface area (Å²) in [6.45, 7) is 0.209. The molecule has 23 heavy (non-hydrogen) atoms. The van der Waals surface area contributed by atoms with Gasteiger partial charge in [0.15, 0.2) is 0 Å². The van der Waals surface area contributed by atoms with E-state index in [1.165, 1.54) is 5.56 Å². The molecule has 1 aromatic heterocycles. The molecule has 122 valence electrons. The summed E-state index contributed by atoms with van der Waals surface area (Å²) in [6.07, 6.45) is -3.09. The van der Waals surface area contributed by atoms with Crippen molar-refractivity contribution in [2.24, 2.45) is 0 Å². The Kier molecular flexibility index (Phi) is 3.89. The summed E-state index contributed by atoms with van der Waals surface area (Å²) in [6, 6.07) is 9.31. The van der Waals surface area contributed by atoms with Gasteiger partial charge in [0, 0.05) is 18.7 Å². The van der Waals surface area contributed by atoms with Gasteiger partial charge in [-0.05, 0) is 29.7 Å². The van der Waals surface area contributed by atoms with Gasteiger partial charge in [-0.1, -0.05) is 24.3 Å². The first kappa shape index (κ1) is 15.9. The minimum atomic E-state index is -4.59. The highest BCUT2D eigenvalue weighted by atomic mass is 32.2. The molecule has 0 fully saturated rings. The number of hydrogen-bond donors (Lipinski definition) is 1. The third-order valence-electron chi connectivity index (χ3n) is 3.82. The number of pyridine rings is 1. The zero-order valence-corrected chi connectivity index (χ0v) is 12.7. The standard InChI is InChI=1S/C15H13F3N2O2S/c16-15(17,18)14-6-5-12(9-19-14)23(21,22)20-8-11-7-10-3-1-2-4-13(10)11/h1-6,9,11,20H,7-8H2/t11-/m0/s1. The molecule has 2 aromatic rings. The summed E-state index contributed by atoms with van der Waals surface area (Å²) in [5.74, 6) is 0.0865. The first-order chi connectivity index (χ1) is 10.8. The highest BCUT2D eigenvalue weighted by Crippen LogP contribution is 2.34. The maximum Gasteiger partial charge on any atom is 0.433 e. The van der Waals surface area contributed by atoms with Gasteiger partial charge in [0.2, 0.25) is 10.0 Å². The van der Waals surface area contributed by atoms with Crippen LogP contribution in [0.15, 0.2) is 47.5 Å². The van der Waals surface area contributed by atoms with Crippen molar-refractivity contribution in [1.82, 2.24) is 9.71 Å². The van der Waals surface area contributed by atoms with Crippen LogP contribution in [0.1, 0.15) is 22.7 Å². The predicted molar refractivity (Wildman–Crippen MR) is 77.3 cm³/mol. The van der Waals surface area contributed by atoms with Gasteiger partial charge < -0.3 is 0 Å². The monoisotopic (exact) mass is 342 g/mol. The molecule has 1 aliphatic carbocycles. The molecular formula is C15H13F3N2O2S. The average Bonchev–Trinajstić information content (AvgIpc) is 2.47. The third-order valence-corrected chi connectivity index (χ3v) is 5.23. The van der Waals surface area contributed by atoms with E-state index >= 15 is 0 Å². The number of nitrogens with one attached hydrogen (secondary N) is 1. The maximum atomic E-state index is 12.4. The minimum absolute atomic E-state index is 0.0865. The van der Waals surface area contributed by atoms with Crippen molar-refractivity contribution < 1.29 is 21.6 Å². The van der Waals surface area contributed by atoms with E-state index in [4.69, 9.17) is 0 Å². The average molecular weight is 342 g/mol. The number of fused-ring (bicyclic) bond motifs is 1. The van der Waals surface area contributed by atoms with Crippen molar-refractivity contribution in [3.8, 4) is 0 Å². The lowest BCUT2D eigenvalue weighted by atomic mass is 9.78. The number of sulfonamides is 1. The number of halogens is 3. The lowest BCUT2D eigenvalue weighted by Crippen LogP contribution is -2.33. The van der Waals surface area contributed by atoms with Crippen LogP contribution in [0.5, 0.6) is 0 Å². The number of nitrogens with zero attached hydrogens (tertiary/aromatic N) is 1.